The van der Waals surface area contributed by atoms with Crippen molar-refractivity contribution >= 4 is 45.0 Å². The molecule has 0 aliphatic heterocycles. The molecular formula is C14H21BrN2OS. The zero-order chi connectivity index (χ0) is 14.3. The van der Waals surface area contributed by atoms with Gasteiger partial charge >= 0.3 is 0 Å². The van der Waals surface area contributed by atoms with Crippen molar-refractivity contribution in [2.75, 3.05) is 22.6 Å². The zero-order valence-electron chi connectivity index (χ0n) is 11.5. The average molecular weight is 345 g/mol. The highest BCUT2D eigenvalue weighted by atomic mass is 79.9. The van der Waals surface area contributed by atoms with Gasteiger partial charge in [-0.05, 0) is 36.8 Å². The molecule has 0 aliphatic carbocycles. The van der Waals surface area contributed by atoms with Gasteiger partial charge < -0.3 is 11.1 Å². The van der Waals surface area contributed by atoms with Crippen LogP contribution < -0.4 is 11.1 Å². The van der Waals surface area contributed by atoms with Crippen molar-refractivity contribution in [3.63, 3.8) is 0 Å². The minimum Gasteiger partial charge on any atom is -0.397 e. The lowest BCUT2D eigenvalue weighted by Crippen LogP contribution is -2.14. The summed E-state index contributed by atoms with van der Waals surface area (Å²) in [5, 5.41) is 2.88. The molecule has 1 aromatic carbocycles. The van der Waals surface area contributed by atoms with Gasteiger partial charge in [-0.25, -0.2) is 0 Å². The van der Waals surface area contributed by atoms with Gasteiger partial charge in [0.05, 0.1) is 11.4 Å². The number of carbonyl (C=O) groups excluding carboxylic acids is 1. The van der Waals surface area contributed by atoms with Crippen LogP contribution in [0.5, 0.6) is 0 Å². The van der Waals surface area contributed by atoms with E-state index in [1.165, 1.54) is 12.8 Å². The zero-order valence-corrected chi connectivity index (χ0v) is 13.9. The molecule has 5 heteroatoms. The van der Waals surface area contributed by atoms with Crippen LogP contribution in [-0.4, -0.2) is 17.4 Å². The summed E-state index contributed by atoms with van der Waals surface area (Å²) in [5.41, 5.74) is 8.24. The van der Waals surface area contributed by atoms with Crippen LogP contribution in [0.3, 0.4) is 0 Å². The van der Waals surface area contributed by atoms with E-state index in [4.69, 9.17) is 5.73 Å². The van der Waals surface area contributed by atoms with E-state index in [2.05, 4.69) is 28.2 Å². The fourth-order valence-electron chi connectivity index (χ4n) is 1.58. The molecule has 1 aromatic rings. The molecule has 1 rings (SSSR count). The number of benzene rings is 1. The average Bonchev–Trinajstić information content (AvgIpc) is 2.35. The third-order valence-corrected chi connectivity index (χ3v) is 4.27. The van der Waals surface area contributed by atoms with E-state index in [0.29, 0.717) is 17.8 Å². The maximum Gasteiger partial charge on any atom is 0.225 e. The molecule has 0 aromatic heterocycles. The van der Waals surface area contributed by atoms with Crippen LogP contribution in [0, 0.1) is 6.92 Å². The fraction of sp³-hybridized carbons (Fsp3) is 0.500. The highest BCUT2D eigenvalue weighted by Gasteiger charge is 2.08. The van der Waals surface area contributed by atoms with Gasteiger partial charge in [0.25, 0.3) is 0 Å². The Kier molecular flexibility index (Phi) is 7.31. The van der Waals surface area contributed by atoms with Gasteiger partial charge in [-0.2, -0.15) is 11.8 Å². The minimum absolute atomic E-state index is 0.0215. The number of aryl methyl sites for hydroxylation is 1. The molecule has 0 saturated heterocycles. The molecule has 3 nitrogen and oxygen atoms in total. The molecule has 0 aliphatic rings. The van der Waals surface area contributed by atoms with Gasteiger partial charge in [-0.15, -0.1) is 0 Å². The number of thioether (sulfide) groups is 1. The molecule has 106 valence electrons. The second kappa shape index (κ2) is 8.48. The van der Waals surface area contributed by atoms with E-state index in [9.17, 15) is 4.79 Å². The lowest BCUT2D eigenvalue weighted by Gasteiger charge is -2.11. The number of amides is 1. The number of unbranched alkanes of at least 4 members (excludes halogenated alkanes) is 1. The summed E-state index contributed by atoms with van der Waals surface area (Å²) in [7, 11) is 0. The first-order chi connectivity index (χ1) is 9.04. The highest BCUT2D eigenvalue weighted by Crippen LogP contribution is 2.27. The van der Waals surface area contributed by atoms with E-state index in [-0.39, 0.29) is 5.91 Å². The highest BCUT2D eigenvalue weighted by molar-refractivity contribution is 9.10. The summed E-state index contributed by atoms with van der Waals surface area (Å²) >= 11 is 5.23. The van der Waals surface area contributed by atoms with E-state index < -0.39 is 0 Å². The molecule has 0 spiro atoms. The molecule has 0 bridgehead atoms. The molecule has 0 heterocycles. The van der Waals surface area contributed by atoms with Crippen LogP contribution in [0.15, 0.2) is 16.6 Å². The normalized spacial score (nSPS) is 10.5. The van der Waals surface area contributed by atoms with Gasteiger partial charge in [0.2, 0.25) is 5.91 Å². The Balaban J connectivity index is 2.44. The summed E-state index contributed by atoms with van der Waals surface area (Å²) in [6, 6.07) is 3.77. The second-order valence-corrected chi connectivity index (χ2v) is 6.59. The number of hydrogen-bond donors (Lipinski definition) is 2. The van der Waals surface area contributed by atoms with Crippen molar-refractivity contribution in [1.29, 1.82) is 0 Å². The van der Waals surface area contributed by atoms with Crippen molar-refractivity contribution in [3.05, 3.63) is 22.2 Å². The van der Waals surface area contributed by atoms with Crippen molar-refractivity contribution in [2.45, 2.75) is 33.1 Å². The van der Waals surface area contributed by atoms with Crippen molar-refractivity contribution in [3.8, 4) is 0 Å². The van der Waals surface area contributed by atoms with Crippen LogP contribution in [0.1, 0.15) is 31.7 Å². The number of nitrogens with one attached hydrogen (secondary N) is 1. The van der Waals surface area contributed by atoms with Gasteiger partial charge in [-0.1, -0.05) is 29.3 Å². The van der Waals surface area contributed by atoms with Crippen LogP contribution in [0.2, 0.25) is 0 Å². The lowest BCUT2D eigenvalue weighted by atomic mass is 10.1. The maximum atomic E-state index is 11.8. The van der Waals surface area contributed by atoms with E-state index in [1.54, 1.807) is 0 Å². The first kappa shape index (κ1) is 16.4. The smallest absolute Gasteiger partial charge is 0.225 e. The second-order valence-electron chi connectivity index (χ2n) is 4.45. The van der Waals surface area contributed by atoms with Gasteiger partial charge in [-0.3, -0.25) is 4.79 Å². The third kappa shape index (κ3) is 5.87. The molecule has 1 amide bonds. The van der Waals surface area contributed by atoms with Crippen LogP contribution in [0.4, 0.5) is 11.4 Å². The minimum atomic E-state index is 0.0215. The lowest BCUT2D eigenvalue weighted by molar-refractivity contribution is -0.115. The standard InChI is InChI=1S/C14H21BrN2OS/c1-3-4-6-19-7-5-13(18)17-12-9-11(15)8-10(2)14(12)16/h8-9H,3-7,16H2,1-2H3,(H,17,18). The summed E-state index contributed by atoms with van der Waals surface area (Å²) in [6.45, 7) is 4.10. The Morgan fingerprint density at radius 1 is 1.42 bits per heavy atom. The number of anilines is 2. The number of nitrogens with two attached hydrogens (primary N) is 1. The summed E-state index contributed by atoms with van der Waals surface area (Å²) < 4.78 is 0.923. The topological polar surface area (TPSA) is 55.1 Å². The number of halogens is 1. The van der Waals surface area contributed by atoms with Crippen molar-refractivity contribution in [2.24, 2.45) is 0 Å². The Morgan fingerprint density at radius 2 is 2.16 bits per heavy atom. The molecular weight excluding hydrogens is 324 g/mol. The fourth-order valence-corrected chi connectivity index (χ4v) is 3.18. The van der Waals surface area contributed by atoms with Crippen LogP contribution >= 0.6 is 27.7 Å². The number of rotatable bonds is 7. The number of hydrogen-bond acceptors (Lipinski definition) is 3. The Morgan fingerprint density at radius 3 is 2.84 bits per heavy atom. The summed E-state index contributed by atoms with van der Waals surface area (Å²) in [5.74, 6) is 2.01. The largest absolute Gasteiger partial charge is 0.397 e. The van der Waals surface area contributed by atoms with Crippen molar-refractivity contribution in [1.82, 2.24) is 0 Å². The predicted molar refractivity (Wildman–Crippen MR) is 88.8 cm³/mol. The van der Waals surface area contributed by atoms with E-state index in [0.717, 1.165) is 21.5 Å². The molecule has 19 heavy (non-hydrogen) atoms. The molecule has 0 fully saturated rings. The quantitative estimate of drug-likeness (QED) is 0.575. The number of carbonyl (C=O) groups is 1. The maximum absolute atomic E-state index is 11.8. The number of nitrogen functional groups attached to an aromatic ring is 1. The van der Waals surface area contributed by atoms with Gasteiger partial charge in [0.1, 0.15) is 0 Å². The van der Waals surface area contributed by atoms with Crippen LogP contribution in [0.25, 0.3) is 0 Å². The van der Waals surface area contributed by atoms with E-state index in [1.807, 2.05) is 30.8 Å². The first-order valence-corrected chi connectivity index (χ1v) is 8.42. The summed E-state index contributed by atoms with van der Waals surface area (Å²) in [6.07, 6.45) is 2.94. The third-order valence-electron chi connectivity index (χ3n) is 2.74. The van der Waals surface area contributed by atoms with Crippen LogP contribution in [-0.2, 0) is 4.79 Å². The monoisotopic (exact) mass is 344 g/mol. The molecule has 0 saturated carbocycles. The van der Waals surface area contributed by atoms with Gasteiger partial charge in [0, 0.05) is 16.6 Å². The SMILES string of the molecule is CCCCSCCC(=O)Nc1cc(Br)cc(C)c1N. The Hall–Kier alpha value is -0.680. The predicted octanol–water partition coefficient (Wildman–Crippen LogP) is 4.20. The Labute approximate surface area is 127 Å². The Bertz CT molecular complexity index is 438. The van der Waals surface area contributed by atoms with Crippen molar-refractivity contribution < 1.29 is 4.79 Å². The molecule has 3 N–H and O–H groups in total. The molecule has 0 atom stereocenters. The van der Waals surface area contributed by atoms with Gasteiger partial charge in [0.15, 0.2) is 0 Å². The molecule has 0 radical (unpaired) electrons. The molecule has 0 unspecified atom stereocenters. The van der Waals surface area contributed by atoms with E-state index >= 15 is 0 Å². The summed E-state index contributed by atoms with van der Waals surface area (Å²) in [4.78, 5) is 11.8. The first-order valence-electron chi connectivity index (χ1n) is 6.47.